The van der Waals surface area contributed by atoms with Crippen LogP contribution in [0.15, 0.2) is 0 Å². The summed E-state index contributed by atoms with van der Waals surface area (Å²) in [4.78, 5) is 10.9. The number of aromatic hydroxyl groups is 1. The molecule has 0 unspecified atom stereocenters. The molecule has 1 aromatic rings. The Labute approximate surface area is 118 Å². The summed E-state index contributed by atoms with van der Waals surface area (Å²) in [6, 6.07) is 0. The Kier molecular flexibility index (Phi) is 4.09. The summed E-state index contributed by atoms with van der Waals surface area (Å²) >= 11 is 1.34. The molecule has 4 heteroatoms. The monoisotopic (exact) mass is 280 g/mol. The zero-order valence-electron chi connectivity index (χ0n) is 11.9. The first kappa shape index (κ1) is 14.3. The molecule has 1 aliphatic heterocycles. The summed E-state index contributed by atoms with van der Waals surface area (Å²) in [6.07, 6.45) is 1.81. The van der Waals surface area contributed by atoms with Crippen LogP contribution in [-0.2, 0) is 11.2 Å². The number of thioether (sulfide) groups is 1. The van der Waals surface area contributed by atoms with Crippen molar-refractivity contribution in [2.75, 3.05) is 5.75 Å². The molecular formula is C15H20O3S. The standard InChI is InChI=1S/C15H20O3S/c1-8-9(2)15-13(10(3)14(8)17)7-12(18-15)5-6-19-11(4)16/h12,17H,5-7H2,1-4H3/t12-/m1/s1. The van der Waals surface area contributed by atoms with Crippen LogP contribution in [0.2, 0.25) is 0 Å². The maximum Gasteiger partial charge on any atom is 0.185 e. The highest BCUT2D eigenvalue weighted by Gasteiger charge is 2.28. The first-order valence-electron chi connectivity index (χ1n) is 6.53. The molecule has 2 rings (SSSR count). The molecule has 1 N–H and O–H groups in total. The van der Waals surface area contributed by atoms with E-state index in [1.165, 1.54) is 11.8 Å². The molecule has 3 nitrogen and oxygen atoms in total. The number of fused-ring (bicyclic) bond motifs is 1. The van der Waals surface area contributed by atoms with Crippen LogP contribution in [0.3, 0.4) is 0 Å². The van der Waals surface area contributed by atoms with Gasteiger partial charge in [-0.3, -0.25) is 4.79 Å². The van der Waals surface area contributed by atoms with Gasteiger partial charge >= 0.3 is 0 Å². The number of phenols is 1. The maximum atomic E-state index is 10.9. The van der Waals surface area contributed by atoms with Crippen LogP contribution in [0.4, 0.5) is 0 Å². The summed E-state index contributed by atoms with van der Waals surface area (Å²) in [6.45, 7) is 7.43. The molecule has 0 radical (unpaired) electrons. The van der Waals surface area contributed by atoms with Crippen molar-refractivity contribution in [3.8, 4) is 11.5 Å². The second-order valence-electron chi connectivity index (χ2n) is 5.10. The highest BCUT2D eigenvalue weighted by molar-refractivity contribution is 8.13. The van der Waals surface area contributed by atoms with Gasteiger partial charge in [0.15, 0.2) is 5.12 Å². The lowest BCUT2D eigenvalue weighted by Gasteiger charge is -2.13. The predicted octanol–water partition coefficient (Wildman–Crippen LogP) is 3.29. The number of carbonyl (C=O) groups excluding carboxylic acids is 1. The molecule has 19 heavy (non-hydrogen) atoms. The minimum Gasteiger partial charge on any atom is -0.507 e. The highest BCUT2D eigenvalue weighted by Crippen LogP contribution is 2.42. The van der Waals surface area contributed by atoms with E-state index in [4.69, 9.17) is 4.74 Å². The van der Waals surface area contributed by atoms with Gasteiger partial charge in [0, 0.05) is 24.7 Å². The van der Waals surface area contributed by atoms with Gasteiger partial charge in [0.1, 0.15) is 17.6 Å². The number of rotatable bonds is 3. The predicted molar refractivity (Wildman–Crippen MR) is 78.2 cm³/mol. The minimum atomic E-state index is 0.125. The summed E-state index contributed by atoms with van der Waals surface area (Å²) in [5.41, 5.74) is 3.98. The minimum absolute atomic E-state index is 0.125. The van der Waals surface area contributed by atoms with Gasteiger partial charge in [-0.05, 0) is 43.9 Å². The molecule has 1 aliphatic rings. The summed E-state index contributed by atoms with van der Waals surface area (Å²) in [5, 5.41) is 10.2. The Morgan fingerprint density at radius 2 is 2.00 bits per heavy atom. The number of hydrogen-bond acceptors (Lipinski definition) is 4. The van der Waals surface area contributed by atoms with Crippen molar-refractivity contribution in [1.82, 2.24) is 0 Å². The fourth-order valence-corrected chi connectivity index (χ4v) is 3.17. The molecule has 0 bridgehead atoms. The molecule has 0 saturated heterocycles. The topological polar surface area (TPSA) is 46.5 Å². The third-order valence-electron chi connectivity index (χ3n) is 3.80. The van der Waals surface area contributed by atoms with Crippen LogP contribution in [0.25, 0.3) is 0 Å². The summed E-state index contributed by atoms with van der Waals surface area (Å²) in [5.74, 6) is 2.11. The van der Waals surface area contributed by atoms with Gasteiger partial charge in [-0.25, -0.2) is 0 Å². The molecule has 0 amide bonds. The molecular weight excluding hydrogens is 260 g/mol. The van der Waals surface area contributed by atoms with Crippen LogP contribution < -0.4 is 4.74 Å². The van der Waals surface area contributed by atoms with Gasteiger partial charge in [0.25, 0.3) is 0 Å². The van der Waals surface area contributed by atoms with Crippen LogP contribution in [0, 0.1) is 20.8 Å². The number of ether oxygens (including phenoxy) is 1. The van der Waals surface area contributed by atoms with Crippen LogP contribution in [0.5, 0.6) is 11.5 Å². The van der Waals surface area contributed by atoms with E-state index in [-0.39, 0.29) is 11.2 Å². The van der Waals surface area contributed by atoms with Gasteiger partial charge < -0.3 is 9.84 Å². The van der Waals surface area contributed by atoms with Gasteiger partial charge in [0.2, 0.25) is 0 Å². The molecule has 1 heterocycles. The molecule has 0 saturated carbocycles. The van der Waals surface area contributed by atoms with Crippen LogP contribution in [-0.4, -0.2) is 22.1 Å². The van der Waals surface area contributed by atoms with Crippen molar-refractivity contribution >= 4 is 16.9 Å². The van der Waals surface area contributed by atoms with Crippen molar-refractivity contribution in [2.24, 2.45) is 0 Å². The Bertz CT molecular complexity index is 486. The van der Waals surface area contributed by atoms with Crippen molar-refractivity contribution in [3.05, 3.63) is 22.3 Å². The van der Waals surface area contributed by atoms with E-state index in [0.29, 0.717) is 5.75 Å². The quantitative estimate of drug-likeness (QED) is 0.923. The van der Waals surface area contributed by atoms with E-state index in [9.17, 15) is 9.90 Å². The Morgan fingerprint density at radius 3 is 2.63 bits per heavy atom. The molecule has 0 spiro atoms. The second kappa shape index (κ2) is 5.45. The van der Waals surface area contributed by atoms with Gasteiger partial charge in [-0.1, -0.05) is 11.8 Å². The Morgan fingerprint density at radius 1 is 1.32 bits per heavy atom. The van der Waals surface area contributed by atoms with E-state index in [1.807, 2.05) is 20.8 Å². The van der Waals surface area contributed by atoms with Crippen LogP contribution in [0.1, 0.15) is 35.6 Å². The number of hydrogen-bond donors (Lipinski definition) is 1. The van der Waals surface area contributed by atoms with Gasteiger partial charge in [-0.2, -0.15) is 0 Å². The van der Waals surface area contributed by atoms with Gasteiger partial charge in [-0.15, -0.1) is 0 Å². The van der Waals surface area contributed by atoms with Crippen molar-refractivity contribution < 1.29 is 14.6 Å². The Hall–Kier alpha value is -1.16. The fourth-order valence-electron chi connectivity index (χ4n) is 2.51. The Balaban J connectivity index is 2.14. The molecule has 0 aliphatic carbocycles. The van der Waals surface area contributed by atoms with E-state index >= 15 is 0 Å². The average molecular weight is 280 g/mol. The zero-order valence-corrected chi connectivity index (χ0v) is 12.7. The lowest BCUT2D eigenvalue weighted by Crippen LogP contribution is -2.14. The summed E-state index contributed by atoms with van der Waals surface area (Å²) < 4.78 is 6.00. The molecule has 104 valence electrons. The number of benzene rings is 1. The molecule has 1 aromatic carbocycles. The smallest absolute Gasteiger partial charge is 0.185 e. The first-order chi connectivity index (χ1) is 8.91. The first-order valence-corrected chi connectivity index (χ1v) is 7.52. The SMILES string of the molecule is CC(=O)SCC[C@@H]1Cc2c(C)c(O)c(C)c(C)c2O1. The van der Waals surface area contributed by atoms with Gasteiger partial charge in [0.05, 0.1) is 0 Å². The fraction of sp³-hybridized carbons (Fsp3) is 0.533. The lowest BCUT2D eigenvalue weighted by molar-refractivity contribution is -0.109. The van der Waals surface area contributed by atoms with Crippen molar-refractivity contribution in [2.45, 2.75) is 46.6 Å². The summed E-state index contributed by atoms with van der Waals surface area (Å²) in [7, 11) is 0. The number of phenolic OH excluding ortho intramolecular Hbond substituents is 1. The molecule has 0 fully saturated rings. The lowest BCUT2D eigenvalue weighted by atomic mass is 9.96. The maximum absolute atomic E-state index is 10.9. The van der Waals surface area contributed by atoms with E-state index in [2.05, 4.69) is 0 Å². The van der Waals surface area contributed by atoms with Crippen LogP contribution >= 0.6 is 11.8 Å². The zero-order chi connectivity index (χ0) is 14.2. The number of carbonyl (C=O) groups is 1. The molecule has 1 atom stereocenters. The molecule has 0 aromatic heterocycles. The van der Waals surface area contributed by atoms with E-state index in [0.717, 1.165) is 46.6 Å². The highest BCUT2D eigenvalue weighted by atomic mass is 32.2. The average Bonchev–Trinajstić information content (AvgIpc) is 2.77. The third kappa shape index (κ3) is 2.73. The van der Waals surface area contributed by atoms with Crippen molar-refractivity contribution in [3.63, 3.8) is 0 Å². The largest absolute Gasteiger partial charge is 0.507 e. The van der Waals surface area contributed by atoms with E-state index in [1.54, 1.807) is 6.92 Å². The van der Waals surface area contributed by atoms with Crippen molar-refractivity contribution in [1.29, 1.82) is 0 Å². The normalized spacial score (nSPS) is 17.2. The third-order valence-corrected chi connectivity index (χ3v) is 4.65. The second-order valence-corrected chi connectivity index (χ2v) is 6.38. The van der Waals surface area contributed by atoms with E-state index < -0.39 is 0 Å².